The van der Waals surface area contributed by atoms with E-state index in [1.165, 1.54) is 0 Å². The van der Waals surface area contributed by atoms with Crippen LogP contribution in [-0.2, 0) is 37.6 Å². The molecule has 4 heterocycles. The molecule has 0 aromatic rings. The summed E-state index contributed by atoms with van der Waals surface area (Å²) in [7, 11) is -3.10. The summed E-state index contributed by atoms with van der Waals surface area (Å²) in [4.78, 5) is 21.3. The minimum Gasteiger partial charge on any atom is -0.458 e. The van der Waals surface area contributed by atoms with E-state index in [0.717, 1.165) is 24.0 Å². The van der Waals surface area contributed by atoms with E-state index in [1.54, 1.807) is 0 Å². The highest BCUT2D eigenvalue weighted by atomic mass is 31.1. The molecule has 2 saturated carbocycles. The van der Waals surface area contributed by atoms with E-state index >= 15 is 0 Å². The number of esters is 1. The lowest BCUT2D eigenvalue weighted by molar-refractivity contribution is -0.152. The molecule has 0 bridgehead atoms. The Labute approximate surface area is 180 Å². The summed E-state index contributed by atoms with van der Waals surface area (Å²) in [6, 6.07) is 0. The lowest BCUT2D eigenvalue weighted by Crippen LogP contribution is -2.69. The zero-order chi connectivity index (χ0) is 21.6. The summed E-state index contributed by atoms with van der Waals surface area (Å²) in [6.07, 6.45) is 1.55. The van der Waals surface area contributed by atoms with Crippen LogP contribution in [0, 0.1) is 17.3 Å². The maximum Gasteiger partial charge on any atom is 0.334 e. The van der Waals surface area contributed by atoms with Crippen LogP contribution >= 0.6 is 8.25 Å². The van der Waals surface area contributed by atoms with E-state index in [1.807, 2.05) is 0 Å². The molecule has 1 N–H and O–H groups in total. The molecule has 0 aromatic heterocycles. The van der Waals surface area contributed by atoms with E-state index < -0.39 is 31.2 Å². The van der Waals surface area contributed by atoms with Crippen LogP contribution in [0.4, 0.5) is 0 Å². The first-order chi connectivity index (χ1) is 14.7. The summed E-state index contributed by atoms with van der Waals surface area (Å²) in [6.45, 7) is 6.53. The largest absolute Gasteiger partial charge is 0.458 e. The van der Waals surface area contributed by atoms with Gasteiger partial charge in [0.25, 0.3) is 0 Å². The van der Waals surface area contributed by atoms with Crippen molar-refractivity contribution in [2.75, 3.05) is 13.4 Å². The molecule has 2 unspecified atom stereocenters. The number of carbonyl (C=O) groups is 1. The van der Waals surface area contributed by atoms with Gasteiger partial charge in [-0.2, -0.15) is 0 Å². The third-order valence-electron chi connectivity index (χ3n) is 9.48. The van der Waals surface area contributed by atoms with Gasteiger partial charge in [-0.25, -0.2) is 4.79 Å². The van der Waals surface area contributed by atoms with Gasteiger partial charge in [-0.1, -0.05) is 20.8 Å². The Hall–Kier alpha value is -0.800. The van der Waals surface area contributed by atoms with Crippen LogP contribution < -0.4 is 0 Å². The van der Waals surface area contributed by atoms with Gasteiger partial charge in [-0.3, -0.25) is 9.09 Å². The fraction of sp³-hybridized carbons (Fsp3) is 0.857. The number of hydrogen-bond acceptors (Lipinski definition) is 8. The second kappa shape index (κ2) is 5.63. The normalized spacial score (nSPS) is 55.9. The van der Waals surface area contributed by atoms with Crippen LogP contribution in [0.2, 0.25) is 0 Å². The van der Waals surface area contributed by atoms with Crippen molar-refractivity contribution < 1.29 is 42.5 Å². The summed E-state index contributed by atoms with van der Waals surface area (Å²) in [5.41, 5.74) is -0.0672. The zero-order valence-electron chi connectivity index (χ0n) is 17.7. The summed E-state index contributed by atoms with van der Waals surface area (Å²) in [5.74, 6) is 0.133. The predicted octanol–water partition coefficient (Wildman–Crippen LogP) is 1.48. The molecule has 7 rings (SSSR count). The molecule has 31 heavy (non-hydrogen) atoms. The lowest BCUT2D eigenvalue weighted by atomic mass is 9.46. The number of hydrogen-bond donors (Lipinski definition) is 1. The van der Waals surface area contributed by atoms with Crippen LogP contribution in [0.5, 0.6) is 0 Å². The van der Waals surface area contributed by atoms with Gasteiger partial charge >= 0.3 is 14.2 Å². The Balaban J connectivity index is 1.31. The molecule has 0 aromatic carbocycles. The standard InChI is InChI=1S/C21H27O9P/c1-9(2)19-14(29-19)15-21(30-15)18(3)5-4-10-11(7-25-16(10)22)12(18)6-13-20(21,28-13)17(19)26-8-27-31(23)24/h9,12-15,17,31H,4-8H2,1-3H3,(H,23,24)/t12-,13?,14-,15-,17+,18-,19-,20+,21+/m0/s1. The first kappa shape index (κ1) is 19.6. The van der Waals surface area contributed by atoms with Gasteiger partial charge < -0.3 is 28.6 Å². The van der Waals surface area contributed by atoms with E-state index in [9.17, 15) is 9.36 Å². The molecule has 0 radical (unpaired) electrons. The third kappa shape index (κ3) is 1.95. The predicted molar refractivity (Wildman–Crippen MR) is 103 cm³/mol. The second-order valence-corrected chi connectivity index (χ2v) is 11.4. The molecule has 5 fully saturated rings. The molecular weight excluding hydrogens is 427 g/mol. The van der Waals surface area contributed by atoms with Gasteiger partial charge in [0.05, 0.1) is 6.10 Å². The Bertz CT molecular complexity index is 964. The Morgan fingerprint density at radius 2 is 2.06 bits per heavy atom. The first-order valence-electron chi connectivity index (χ1n) is 11.1. The third-order valence-corrected chi connectivity index (χ3v) is 9.85. The van der Waals surface area contributed by atoms with Gasteiger partial charge in [0, 0.05) is 11.0 Å². The van der Waals surface area contributed by atoms with Gasteiger partial charge in [0.2, 0.25) is 0 Å². The molecule has 3 aliphatic carbocycles. The molecular formula is C21H27O9P. The molecule has 10 atom stereocenters. The molecule has 7 aliphatic rings. The van der Waals surface area contributed by atoms with E-state index in [0.29, 0.717) is 13.0 Å². The maximum atomic E-state index is 12.2. The molecule has 170 valence electrons. The Morgan fingerprint density at radius 3 is 2.81 bits per heavy atom. The van der Waals surface area contributed by atoms with Crippen LogP contribution in [0.1, 0.15) is 40.0 Å². The average Bonchev–Trinajstić information content (AvgIpc) is 3.60. The molecule has 10 heteroatoms. The molecule has 9 nitrogen and oxygen atoms in total. The number of epoxide rings is 3. The molecule has 3 saturated heterocycles. The highest BCUT2D eigenvalue weighted by Gasteiger charge is 3.00. The first-order valence-corrected chi connectivity index (χ1v) is 12.4. The summed E-state index contributed by atoms with van der Waals surface area (Å²) < 4.78 is 47.1. The Morgan fingerprint density at radius 1 is 1.26 bits per heavy atom. The van der Waals surface area contributed by atoms with E-state index in [4.69, 9.17) is 33.1 Å². The monoisotopic (exact) mass is 454 g/mol. The van der Waals surface area contributed by atoms with E-state index in [-0.39, 0.29) is 48.3 Å². The van der Waals surface area contributed by atoms with Gasteiger partial charge in [0.15, 0.2) is 12.4 Å². The quantitative estimate of drug-likeness (QED) is 0.285. The van der Waals surface area contributed by atoms with Crippen molar-refractivity contribution in [3.8, 4) is 0 Å². The van der Waals surface area contributed by atoms with Gasteiger partial charge in [0.1, 0.15) is 36.1 Å². The highest BCUT2D eigenvalue weighted by Crippen LogP contribution is 2.83. The minimum absolute atomic E-state index is 0.0781. The van der Waals surface area contributed by atoms with Gasteiger partial charge in [-0.05, 0) is 36.7 Å². The Kier molecular flexibility index (Phi) is 3.57. The van der Waals surface area contributed by atoms with Crippen molar-refractivity contribution in [1.29, 1.82) is 0 Å². The topological polar surface area (TPSA) is 120 Å². The van der Waals surface area contributed by atoms with Crippen LogP contribution in [0.15, 0.2) is 11.1 Å². The SMILES string of the molecule is CC(C)[C@]12O[C@H]1[C@@H]1O[C@@]13[C@@]1(C)CCC4=C(COC4=O)[C@@H]1CC1O[C@@]13[C@@H]2OCO[PH](=O)O. The van der Waals surface area contributed by atoms with Crippen molar-refractivity contribution >= 4 is 14.2 Å². The fourth-order valence-corrected chi connectivity index (χ4v) is 8.24. The highest BCUT2D eigenvalue weighted by molar-refractivity contribution is 7.32. The van der Waals surface area contributed by atoms with Crippen LogP contribution in [0.25, 0.3) is 0 Å². The second-order valence-electron chi connectivity index (χ2n) is 10.6. The number of cyclic esters (lactones) is 1. The molecule has 0 amide bonds. The average molecular weight is 454 g/mol. The van der Waals surface area contributed by atoms with Crippen LogP contribution in [-0.4, -0.2) is 65.5 Å². The lowest BCUT2D eigenvalue weighted by Gasteiger charge is -2.54. The van der Waals surface area contributed by atoms with Gasteiger partial charge in [-0.15, -0.1) is 0 Å². The number of rotatable bonds is 5. The fourth-order valence-electron chi connectivity index (χ4n) is 8.07. The maximum absolute atomic E-state index is 12.2. The smallest absolute Gasteiger partial charge is 0.334 e. The van der Waals surface area contributed by atoms with Crippen molar-refractivity contribution in [2.24, 2.45) is 17.3 Å². The minimum atomic E-state index is -3.10. The van der Waals surface area contributed by atoms with Crippen molar-refractivity contribution in [3.05, 3.63) is 11.1 Å². The zero-order valence-corrected chi connectivity index (χ0v) is 18.7. The van der Waals surface area contributed by atoms with E-state index in [2.05, 4.69) is 20.8 Å². The van der Waals surface area contributed by atoms with Crippen molar-refractivity contribution in [3.63, 3.8) is 0 Å². The number of carbonyl (C=O) groups excluding carboxylic acids is 1. The molecule has 4 aliphatic heterocycles. The number of ether oxygens (including phenoxy) is 5. The van der Waals surface area contributed by atoms with Crippen LogP contribution in [0.3, 0.4) is 0 Å². The summed E-state index contributed by atoms with van der Waals surface area (Å²) in [5, 5.41) is 0. The number of fused-ring (bicyclic) bond motifs is 4. The summed E-state index contributed by atoms with van der Waals surface area (Å²) >= 11 is 0. The van der Waals surface area contributed by atoms with Crippen molar-refractivity contribution in [1.82, 2.24) is 0 Å². The molecule has 2 spiro atoms. The van der Waals surface area contributed by atoms with Crippen molar-refractivity contribution in [2.45, 2.75) is 81.3 Å².